The summed E-state index contributed by atoms with van der Waals surface area (Å²) < 4.78 is 0. The van der Waals surface area contributed by atoms with Crippen LogP contribution in [0.4, 0.5) is 0 Å². The molecule has 0 saturated carbocycles. The summed E-state index contributed by atoms with van der Waals surface area (Å²) in [6, 6.07) is 68.4. The number of aromatic nitrogens is 3. The van der Waals surface area contributed by atoms with E-state index in [1.54, 1.807) is 0 Å². The molecule has 9 rings (SSSR count). The van der Waals surface area contributed by atoms with Gasteiger partial charge in [-0.2, -0.15) is 0 Å². The molecule has 0 N–H and O–H groups in total. The number of rotatable bonds is 4. The molecule has 4 heteroatoms. The Hall–Kier alpha value is -6.06. The summed E-state index contributed by atoms with van der Waals surface area (Å²) in [7, 11) is 0. The molecule has 0 spiro atoms. The van der Waals surface area contributed by atoms with Crippen molar-refractivity contribution in [3.63, 3.8) is 0 Å². The number of benzene rings is 6. The van der Waals surface area contributed by atoms with Crippen LogP contribution in [-0.4, -0.2) is 15.0 Å². The zero-order valence-electron chi connectivity index (χ0n) is 27.7. The summed E-state index contributed by atoms with van der Waals surface area (Å²) in [5.41, 5.74) is 8.40. The molecule has 0 bridgehead atoms. The molecule has 6 aromatic carbocycles. The zero-order chi connectivity index (χ0) is 33.8. The quantitative estimate of drug-likeness (QED) is 0.166. The third-order valence-electron chi connectivity index (χ3n) is 8.13. The molecule has 0 atom stereocenters. The van der Waals surface area contributed by atoms with Crippen molar-refractivity contribution in [3.05, 3.63) is 213 Å². The van der Waals surface area contributed by atoms with Gasteiger partial charge in [-0.25, -0.2) is 0 Å². The van der Waals surface area contributed by atoms with Gasteiger partial charge >= 0.3 is 20.1 Å². The van der Waals surface area contributed by atoms with Gasteiger partial charge in [0, 0.05) is 18.6 Å². The molecular weight excluding hydrogens is 799 g/mol. The molecule has 0 aliphatic carbocycles. The van der Waals surface area contributed by atoms with E-state index in [1.807, 2.05) is 152 Å². The van der Waals surface area contributed by atoms with Gasteiger partial charge in [0.05, 0.1) is 0 Å². The maximum atomic E-state index is 4.49. The van der Waals surface area contributed by atoms with Crippen molar-refractivity contribution >= 4 is 21.5 Å². The number of hydrogen-bond donors (Lipinski definition) is 0. The predicted molar refractivity (Wildman–Crippen MR) is 206 cm³/mol. The fourth-order valence-electron chi connectivity index (χ4n) is 5.76. The van der Waals surface area contributed by atoms with E-state index in [2.05, 4.69) is 75.6 Å². The molecule has 3 heterocycles. The van der Waals surface area contributed by atoms with Crippen molar-refractivity contribution < 1.29 is 20.1 Å². The summed E-state index contributed by atoms with van der Waals surface area (Å²) in [6.45, 7) is 0. The van der Waals surface area contributed by atoms with Crippen molar-refractivity contribution in [2.24, 2.45) is 0 Å². The van der Waals surface area contributed by atoms with E-state index >= 15 is 0 Å². The van der Waals surface area contributed by atoms with E-state index < -0.39 is 0 Å². The largest absolute Gasteiger partial charge is 3.00 e. The van der Waals surface area contributed by atoms with E-state index in [4.69, 9.17) is 0 Å². The van der Waals surface area contributed by atoms with E-state index in [9.17, 15) is 0 Å². The molecule has 51 heavy (non-hydrogen) atoms. The molecule has 0 radical (unpaired) electrons. The Kier molecular flexibility index (Phi) is 12.0. The molecule has 3 nitrogen and oxygen atoms in total. The number of hydrogen-bond acceptors (Lipinski definition) is 3. The maximum absolute atomic E-state index is 4.49. The maximum Gasteiger partial charge on any atom is 3.00 e. The van der Waals surface area contributed by atoms with Crippen LogP contribution in [0.1, 0.15) is 0 Å². The summed E-state index contributed by atoms with van der Waals surface area (Å²) in [6.07, 6.45) is 5.51. The Morgan fingerprint density at radius 1 is 0.333 bits per heavy atom. The van der Waals surface area contributed by atoms with Crippen LogP contribution >= 0.6 is 0 Å². The average Bonchev–Trinajstić information content (AvgIpc) is 3.22. The second kappa shape index (κ2) is 17.6. The minimum Gasteiger partial charge on any atom is -0.304 e. The van der Waals surface area contributed by atoms with Gasteiger partial charge < -0.3 is 15.0 Å². The first kappa shape index (κ1) is 34.8. The Labute approximate surface area is 312 Å². The van der Waals surface area contributed by atoms with Gasteiger partial charge in [-0.1, -0.05) is 84.9 Å². The molecule has 0 unspecified atom stereocenters. The number of fused-ring (bicyclic) bond motifs is 2. The Morgan fingerprint density at radius 3 is 1.25 bits per heavy atom. The second-order valence-corrected chi connectivity index (χ2v) is 11.4. The van der Waals surface area contributed by atoms with E-state index in [0.29, 0.717) is 0 Å². The molecule has 0 amide bonds. The molecule has 0 fully saturated rings. The van der Waals surface area contributed by atoms with Crippen molar-refractivity contribution in [2.45, 2.75) is 0 Å². The molecule has 9 aromatic rings. The van der Waals surface area contributed by atoms with E-state index in [0.717, 1.165) is 39.3 Å². The molecule has 244 valence electrons. The van der Waals surface area contributed by atoms with Crippen molar-refractivity contribution in [1.29, 1.82) is 0 Å². The minimum absolute atomic E-state index is 0. The number of pyridine rings is 3. The van der Waals surface area contributed by atoms with Crippen LogP contribution in [-0.2, 0) is 20.1 Å². The fraction of sp³-hybridized carbons (Fsp3) is 0. The second-order valence-electron chi connectivity index (χ2n) is 11.4. The summed E-state index contributed by atoms with van der Waals surface area (Å²) in [5, 5.41) is 4.77. The monoisotopic (exact) mass is 831 g/mol. The Morgan fingerprint density at radius 2 is 0.765 bits per heavy atom. The van der Waals surface area contributed by atoms with Gasteiger partial charge in [0.25, 0.3) is 0 Å². The normalized spacial score (nSPS) is 10.2. The van der Waals surface area contributed by atoms with Crippen LogP contribution in [0.25, 0.3) is 66.4 Å². The van der Waals surface area contributed by atoms with Crippen molar-refractivity contribution in [1.82, 2.24) is 15.0 Å². The smallest absolute Gasteiger partial charge is 0.304 e. The van der Waals surface area contributed by atoms with Gasteiger partial charge in [-0.05, 0) is 68.0 Å². The minimum atomic E-state index is 0. The number of nitrogens with zero attached hydrogens (tertiary/aromatic N) is 3. The van der Waals surface area contributed by atoms with Crippen molar-refractivity contribution in [2.75, 3.05) is 0 Å². The first-order valence-electron chi connectivity index (χ1n) is 16.4. The van der Waals surface area contributed by atoms with Crippen molar-refractivity contribution in [3.8, 4) is 44.9 Å². The first-order valence-corrected chi connectivity index (χ1v) is 16.4. The molecule has 0 aliphatic heterocycles. The van der Waals surface area contributed by atoms with Crippen LogP contribution in [0.3, 0.4) is 0 Å². The third-order valence-corrected chi connectivity index (χ3v) is 8.13. The van der Waals surface area contributed by atoms with E-state index in [-0.39, 0.29) is 20.1 Å². The standard InChI is InChI=1S/C17H12N.2C15H10N.Ir/c1-3-8-14(9-4-1)16-12-7-13-18-17(16)15-10-5-2-6-11-15;2*1-2-7-13(8-3-1)15-14-9-5-4-6-12(14)10-11-16-15;/h1-10,12-13H;2*1-7,9-11H;/q3*-1;+3. The van der Waals surface area contributed by atoms with Crippen LogP contribution in [0.2, 0.25) is 0 Å². The predicted octanol–water partition coefficient (Wildman–Crippen LogP) is 11.6. The van der Waals surface area contributed by atoms with E-state index in [1.165, 1.54) is 27.1 Å². The molecular formula is C47H32IrN3. The first-order chi connectivity index (χ1) is 24.8. The molecule has 0 aliphatic rings. The topological polar surface area (TPSA) is 38.7 Å². The Bertz CT molecular complexity index is 2230. The van der Waals surface area contributed by atoms with Crippen LogP contribution < -0.4 is 0 Å². The zero-order valence-corrected chi connectivity index (χ0v) is 30.0. The summed E-state index contributed by atoms with van der Waals surface area (Å²) in [4.78, 5) is 13.4. The van der Waals surface area contributed by atoms with Crippen LogP contribution in [0, 0.1) is 18.2 Å². The van der Waals surface area contributed by atoms with Gasteiger partial charge in [0.1, 0.15) is 0 Å². The van der Waals surface area contributed by atoms with Crippen LogP contribution in [0.15, 0.2) is 195 Å². The Balaban J connectivity index is 0.000000131. The third kappa shape index (κ3) is 8.57. The molecule has 0 saturated heterocycles. The molecule has 3 aromatic heterocycles. The average molecular weight is 831 g/mol. The van der Waals surface area contributed by atoms with Gasteiger partial charge in [-0.15, -0.1) is 108 Å². The van der Waals surface area contributed by atoms with Gasteiger partial charge in [-0.3, -0.25) is 0 Å². The van der Waals surface area contributed by atoms with Gasteiger partial charge in [0.15, 0.2) is 0 Å². The van der Waals surface area contributed by atoms with Gasteiger partial charge in [0.2, 0.25) is 0 Å². The summed E-state index contributed by atoms with van der Waals surface area (Å²) >= 11 is 0. The SMILES string of the molecule is [Ir+3].[c-]1ccccc1-c1nccc2ccccc12.[c-]1ccccc1-c1nccc2ccccc12.[c-]1ccccc1-c1ncccc1-c1ccccc1. The van der Waals surface area contributed by atoms with Crippen LogP contribution in [0.5, 0.6) is 0 Å². The summed E-state index contributed by atoms with van der Waals surface area (Å²) in [5.74, 6) is 0. The fourth-order valence-corrected chi connectivity index (χ4v) is 5.76.